The fourth-order valence-electron chi connectivity index (χ4n) is 2.55. The molecular weight excluding hydrogens is 200 g/mol. The van der Waals surface area contributed by atoms with Crippen molar-refractivity contribution in [1.29, 1.82) is 0 Å². The summed E-state index contributed by atoms with van der Waals surface area (Å²) >= 11 is 0. The van der Waals surface area contributed by atoms with Crippen molar-refractivity contribution in [3.63, 3.8) is 0 Å². The van der Waals surface area contributed by atoms with E-state index in [0.29, 0.717) is 0 Å². The Bertz CT molecular complexity index is 397. The first-order valence-electron chi connectivity index (χ1n) is 6.02. The van der Waals surface area contributed by atoms with Crippen LogP contribution in [0.25, 0.3) is 0 Å². The standard InChI is InChI=1S/C13H18N2O/c1-13(6-8-14-9-13)16-12-4-2-3-11-10(12)5-7-15-11/h2-4,14-15H,5-9H2,1H3. The van der Waals surface area contributed by atoms with Gasteiger partial charge in [-0.1, -0.05) is 6.07 Å². The molecule has 0 aromatic heterocycles. The van der Waals surface area contributed by atoms with Crippen LogP contribution in [-0.2, 0) is 6.42 Å². The second-order valence-corrected chi connectivity index (χ2v) is 4.94. The molecule has 1 aromatic rings. The molecule has 2 N–H and O–H groups in total. The lowest BCUT2D eigenvalue weighted by Crippen LogP contribution is -2.34. The SMILES string of the molecule is CC1(Oc2cccc3c2CCN3)CCNC1. The van der Waals surface area contributed by atoms with Gasteiger partial charge in [-0.15, -0.1) is 0 Å². The first-order chi connectivity index (χ1) is 7.77. The van der Waals surface area contributed by atoms with E-state index in [9.17, 15) is 0 Å². The van der Waals surface area contributed by atoms with Crippen LogP contribution < -0.4 is 15.4 Å². The topological polar surface area (TPSA) is 33.3 Å². The quantitative estimate of drug-likeness (QED) is 0.794. The second kappa shape index (κ2) is 3.67. The van der Waals surface area contributed by atoms with E-state index in [-0.39, 0.29) is 5.60 Å². The summed E-state index contributed by atoms with van der Waals surface area (Å²) in [4.78, 5) is 0. The molecule has 86 valence electrons. The lowest BCUT2D eigenvalue weighted by molar-refractivity contribution is 0.110. The molecular formula is C13H18N2O. The molecule has 1 unspecified atom stereocenters. The van der Waals surface area contributed by atoms with E-state index >= 15 is 0 Å². The molecule has 2 heterocycles. The van der Waals surface area contributed by atoms with E-state index in [1.54, 1.807) is 0 Å². The Hall–Kier alpha value is -1.22. The number of fused-ring (bicyclic) bond motifs is 1. The molecule has 3 rings (SSSR count). The summed E-state index contributed by atoms with van der Waals surface area (Å²) in [6.45, 7) is 5.23. The van der Waals surface area contributed by atoms with Crippen molar-refractivity contribution in [2.45, 2.75) is 25.4 Å². The lowest BCUT2D eigenvalue weighted by Gasteiger charge is -2.26. The van der Waals surface area contributed by atoms with E-state index in [2.05, 4.69) is 35.8 Å². The molecule has 0 bridgehead atoms. The lowest BCUT2D eigenvalue weighted by atomic mass is 10.1. The fourth-order valence-corrected chi connectivity index (χ4v) is 2.55. The molecule has 1 atom stereocenters. The normalized spacial score (nSPS) is 27.6. The van der Waals surface area contributed by atoms with Gasteiger partial charge >= 0.3 is 0 Å². The number of benzene rings is 1. The summed E-state index contributed by atoms with van der Waals surface area (Å²) < 4.78 is 6.20. The highest BCUT2D eigenvalue weighted by atomic mass is 16.5. The van der Waals surface area contributed by atoms with Crippen molar-refractivity contribution in [1.82, 2.24) is 5.32 Å². The van der Waals surface area contributed by atoms with E-state index < -0.39 is 0 Å². The summed E-state index contributed by atoms with van der Waals surface area (Å²) in [6.07, 6.45) is 2.17. The van der Waals surface area contributed by atoms with Crippen molar-refractivity contribution in [3.05, 3.63) is 23.8 Å². The monoisotopic (exact) mass is 218 g/mol. The predicted octanol–water partition coefficient (Wildman–Crippen LogP) is 1.79. The third-order valence-corrected chi connectivity index (χ3v) is 3.51. The minimum atomic E-state index is -0.0300. The summed E-state index contributed by atoms with van der Waals surface area (Å²) in [5.74, 6) is 1.06. The average molecular weight is 218 g/mol. The average Bonchev–Trinajstić information content (AvgIpc) is 2.87. The maximum Gasteiger partial charge on any atom is 0.125 e. The Labute approximate surface area is 96.2 Å². The van der Waals surface area contributed by atoms with Crippen LogP contribution in [0.3, 0.4) is 0 Å². The van der Waals surface area contributed by atoms with Crippen LogP contribution in [0.1, 0.15) is 18.9 Å². The molecule has 0 saturated carbocycles. The van der Waals surface area contributed by atoms with Crippen molar-refractivity contribution in [2.75, 3.05) is 25.0 Å². The number of anilines is 1. The van der Waals surface area contributed by atoms with Gasteiger partial charge in [0.2, 0.25) is 0 Å². The zero-order chi connectivity index (χ0) is 11.0. The highest BCUT2D eigenvalue weighted by Gasteiger charge is 2.31. The highest BCUT2D eigenvalue weighted by Crippen LogP contribution is 2.34. The van der Waals surface area contributed by atoms with E-state index in [0.717, 1.165) is 38.2 Å². The maximum absolute atomic E-state index is 6.20. The molecule has 3 nitrogen and oxygen atoms in total. The summed E-state index contributed by atoms with van der Waals surface area (Å²) in [5, 5.41) is 6.74. The van der Waals surface area contributed by atoms with Gasteiger partial charge in [0.25, 0.3) is 0 Å². The van der Waals surface area contributed by atoms with Crippen molar-refractivity contribution in [3.8, 4) is 5.75 Å². The van der Waals surface area contributed by atoms with Crippen molar-refractivity contribution in [2.24, 2.45) is 0 Å². The third-order valence-electron chi connectivity index (χ3n) is 3.51. The predicted molar refractivity (Wildman–Crippen MR) is 65.2 cm³/mol. The van der Waals surface area contributed by atoms with Crippen LogP contribution in [0.15, 0.2) is 18.2 Å². The van der Waals surface area contributed by atoms with Crippen LogP contribution in [0.5, 0.6) is 5.75 Å². The van der Waals surface area contributed by atoms with Gasteiger partial charge in [0.1, 0.15) is 11.4 Å². The van der Waals surface area contributed by atoms with Crippen LogP contribution in [0.4, 0.5) is 5.69 Å². The number of hydrogen-bond donors (Lipinski definition) is 2. The molecule has 0 radical (unpaired) electrons. The fraction of sp³-hybridized carbons (Fsp3) is 0.538. The Morgan fingerprint density at radius 2 is 2.25 bits per heavy atom. The summed E-state index contributed by atoms with van der Waals surface area (Å²) in [6, 6.07) is 6.29. The van der Waals surface area contributed by atoms with Crippen LogP contribution in [0.2, 0.25) is 0 Å². The molecule has 0 aliphatic carbocycles. The summed E-state index contributed by atoms with van der Waals surface area (Å²) in [5.41, 5.74) is 2.56. The first-order valence-corrected chi connectivity index (χ1v) is 6.02. The molecule has 1 fully saturated rings. The van der Waals surface area contributed by atoms with Crippen LogP contribution >= 0.6 is 0 Å². The Morgan fingerprint density at radius 3 is 3.06 bits per heavy atom. The molecule has 16 heavy (non-hydrogen) atoms. The Balaban J connectivity index is 1.87. The molecule has 1 saturated heterocycles. The minimum absolute atomic E-state index is 0.0300. The number of rotatable bonds is 2. The Morgan fingerprint density at radius 1 is 1.31 bits per heavy atom. The molecule has 3 heteroatoms. The van der Waals surface area contributed by atoms with Crippen LogP contribution in [-0.4, -0.2) is 25.2 Å². The molecule has 0 amide bonds. The zero-order valence-electron chi connectivity index (χ0n) is 9.68. The van der Waals surface area contributed by atoms with E-state index in [4.69, 9.17) is 4.74 Å². The summed E-state index contributed by atoms with van der Waals surface area (Å²) in [7, 11) is 0. The Kier molecular flexibility index (Phi) is 2.28. The maximum atomic E-state index is 6.20. The smallest absolute Gasteiger partial charge is 0.125 e. The minimum Gasteiger partial charge on any atom is -0.486 e. The number of nitrogens with one attached hydrogen (secondary N) is 2. The molecule has 2 aliphatic rings. The van der Waals surface area contributed by atoms with Gasteiger partial charge in [0.15, 0.2) is 0 Å². The van der Waals surface area contributed by atoms with Gasteiger partial charge in [-0.25, -0.2) is 0 Å². The van der Waals surface area contributed by atoms with Gasteiger partial charge < -0.3 is 15.4 Å². The molecule has 2 aliphatic heterocycles. The number of hydrogen-bond acceptors (Lipinski definition) is 3. The van der Waals surface area contributed by atoms with Gasteiger partial charge in [-0.05, 0) is 32.0 Å². The second-order valence-electron chi connectivity index (χ2n) is 4.94. The van der Waals surface area contributed by atoms with E-state index in [1.807, 2.05) is 0 Å². The van der Waals surface area contributed by atoms with Gasteiger partial charge in [-0.3, -0.25) is 0 Å². The molecule has 1 aromatic carbocycles. The van der Waals surface area contributed by atoms with Crippen molar-refractivity contribution < 1.29 is 4.74 Å². The van der Waals surface area contributed by atoms with Gasteiger partial charge in [0, 0.05) is 30.8 Å². The van der Waals surface area contributed by atoms with Crippen molar-refractivity contribution >= 4 is 5.69 Å². The number of ether oxygens (including phenoxy) is 1. The zero-order valence-corrected chi connectivity index (χ0v) is 9.68. The first kappa shape index (κ1) is 9.97. The van der Waals surface area contributed by atoms with Crippen LogP contribution in [0, 0.1) is 0 Å². The molecule has 0 spiro atoms. The largest absolute Gasteiger partial charge is 0.486 e. The third kappa shape index (κ3) is 1.65. The van der Waals surface area contributed by atoms with Gasteiger partial charge in [0.05, 0.1) is 0 Å². The highest BCUT2D eigenvalue weighted by molar-refractivity contribution is 5.61. The van der Waals surface area contributed by atoms with Gasteiger partial charge in [-0.2, -0.15) is 0 Å². The van der Waals surface area contributed by atoms with E-state index in [1.165, 1.54) is 11.3 Å².